The zero-order valence-electron chi connectivity index (χ0n) is 13.5. The Morgan fingerprint density at radius 1 is 1.04 bits per heavy atom. The van der Waals surface area contributed by atoms with E-state index in [0.29, 0.717) is 10.9 Å². The largest absolute Gasteiger partial charge is 0.457 e. The second-order valence-corrected chi connectivity index (χ2v) is 6.28. The molecule has 0 saturated carbocycles. The molecule has 4 heteroatoms. The fraction of sp³-hybridized carbons (Fsp3) is 0.211. The van der Waals surface area contributed by atoms with E-state index in [-0.39, 0.29) is 0 Å². The van der Waals surface area contributed by atoms with Crippen LogP contribution in [-0.4, -0.2) is 9.78 Å². The zero-order chi connectivity index (χ0) is 16.4. The Balaban J connectivity index is 1.92. The van der Waals surface area contributed by atoms with E-state index in [9.17, 15) is 0 Å². The highest BCUT2D eigenvalue weighted by Gasteiger charge is 2.13. The summed E-state index contributed by atoms with van der Waals surface area (Å²) in [7, 11) is 1.95. The lowest BCUT2D eigenvalue weighted by atomic mass is 10.00. The molecule has 0 aliphatic rings. The molecule has 1 heterocycles. The SMILES string of the molecule is CC(C)c1nn(C)cc1-c1cccc(Oc2ccc(Cl)cc2)c1. The van der Waals surface area contributed by atoms with Gasteiger partial charge >= 0.3 is 0 Å². The highest BCUT2D eigenvalue weighted by Crippen LogP contribution is 2.32. The molecule has 3 nitrogen and oxygen atoms in total. The standard InChI is InChI=1S/C19H19ClN2O/c1-13(2)19-18(12-22(3)21-19)14-5-4-6-17(11-14)23-16-9-7-15(20)8-10-16/h4-13H,1-3H3. The van der Waals surface area contributed by atoms with Crippen LogP contribution in [-0.2, 0) is 7.05 Å². The Morgan fingerprint density at radius 2 is 1.78 bits per heavy atom. The van der Waals surface area contributed by atoms with E-state index in [4.69, 9.17) is 16.3 Å². The average Bonchev–Trinajstić information content (AvgIpc) is 2.92. The molecular weight excluding hydrogens is 308 g/mol. The van der Waals surface area contributed by atoms with Crippen LogP contribution in [0.2, 0.25) is 5.02 Å². The van der Waals surface area contributed by atoms with Crippen LogP contribution < -0.4 is 4.74 Å². The molecule has 0 amide bonds. The maximum atomic E-state index is 5.92. The monoisotopic (exact) mass is 326 g/mol. The van der Waals surface area contributed by atoms with Gasteiger partial charge in [-0.1, -0.05) is 37.6 Å². The quantitative estimate of drug-likeness (QED) is 0.619. The zero-order valence-corrected chi connectivity index (χ0v) is 14.2. The lowest BCUT2D eigenvalue weighted by Crippen LogP contribution is -1.93. The van der Waals surface area contributed by atoms with Gasteiger partial charge in [0.2, 0.25) is 0 Å². The molecule has 0 unspecified atom stereocenters. The van der Waals surface area contributed by atoms with Gasteiger partial charge in [0, 0.05) is 23.8 Å². The molecule has 0 bridgehead atoms. The van der Waals surface area contributed by atoms with Crippen LogP contribution in [0.1, 0.15) is 25.5 Å². The summed E-state index contributed by atoms with van der Waals surface area (Å²) in [5.41, 5.74) is 3.34. The predicted octanol–water partition coefficient (Wildman–Crippen LogP) is 5.66. The van der Waals surface area contributed by atoms with Gasteiger partial charge in [0.15, 0.2) is 0 Å². The van der Waals surface area contributed by atoms with Crippen molar-refractivity contribution in [1.29, 1.82) is 0 Å². The fourth-order valence-electron chi connectivity index (χ4n) is 2.52. The number of hydrogen-bond acceptors (Lipinski definition) is 2. The van der Waals surface area contributed by atoms with E-state index in [2.05, 4.69) is 31.2 Å². The van der Waals surface area contributed by atoms with Gasteiger partial charge in [-0.3, -0.25) is 4.68 Å². The van der Waals surface area contributed by atoms with Gasteiger partial charge in [-0.25, -0.2) is 0 Å². The molecule has 0 radical (unpaired) electrons. The van der Waals surface area contributed by atoms with Crippen LogP contribution in [0.15, 0.2) is 54.7 Å². The van der Waals surface area contributed by atoms with Crippen molar-refractivity contribution in [3.63, 3.8) is 0 Å². The number of halogens is 1. The van der Waals surface area contributed by atoms with Gasteiger partial charge in [0.05, 0.1) is 5.69 Å². The lowest BCUT2D eigenvalue weighted by molar-refractivity contribution is 0.483. The second-order valence-electron chi connectivity index (χ2n) is 5.84. The Kier molecular flexibility index (Phi) is 4.39. The van der Waals surface area contributed by atoms with Gasteiger partial charge in [0.25, 0.3) is 0 Å². The Morgan fingerprint density at radius 3 is 2.48 bits per heavy atom. The van der Waals surface area contributed by atoms with Gasteiger partial charge < -0.3 is 4.74 Å². The first-order valence-electron chi connectivity index (χ1n) is 7.60. The molecule has 118 valence electrons. The molecule has 0 aliphatic carbocycles. The van der Waals surface area contributed by atoms with Crippen molar-refractivity contribution in [2.75, 3.05) is 0 Å². The fourth-order valence-corrected chi connectivity index (χ4v) is 2.65. The van der Waals surface area contributed by atoms with Crippen molar-refractivity contribution in [2.45, 2.75) is 19.8 Å². The summed E-state index contributed by atoms with van der Waals surface area (Å²) >= 11 is 5.90. The van der Waals surface area contributed by atoms with Gasteiger partial charge in [-0.2, -0.15) is 5.10 Å². The van der Waals surface area contributed by atoms with E-state index in [1.165, 1.54) is 0 Å². The molecule has 0 saturated heterocycles. The summed E-state index contributed by atoms with van der Waals surface area (Å²) in [5.74, 6) is 1.93. The summed E-state index contributed by atoms with van der Waals surface area (Å²) in [5, 5.41) is 5.27. The van der Waals surface area contributed by atoms with E-state index in [0.717, 1.165) is 28.3 Å². The summed E-state index contributed by atoms with van der Waals surface area (Å²) in [6.07, 6.45) is 2.05. The minimum atomic E-state index is 0.368. The van der Waals surface area contributed by atoms with E-state index < -0.39 is 0 Å². The maximum Gasteiger partial charge on any atom is 0.128 e. The number of ether oxygens (including phenoxy) is 1. The number of benzene rings is 2. The molecule has 0 fully saturated rings. The van der Waals surface area contributed by atoms with E-state index in [1.54, 1.807) is 0 Å². The highest BCUT2D eigenvalue weighted by molar-refractivity contribution is 6.30. The normalized spacial score (nSPS) is 11.0. The van der Waals surface area contributed by atoms with E-state index >= 15 is 0 Å². The minimum absolute atomic E-state index is 0.368. The Labute approximate surface area is 141 Å². The topological polar surface area (TPSA) is 27.1 Å². The smallest absolute Gasteiger partial charge is 0.128 e. The number of nitrogens with zero attached hydrogens (tertiary/aromatic N) is 2. The molecule has 0 aliphatic heterocycles. The van der Waals surface area contributed by atoms with Crippen LogP contribution >= 0.6 is 11.6 Å². The van der Waals surface area contributed by atoms with Crippen LogP contribution in [0.5, 0.6) is 11.5 Å². The van der Waals surface area contributed by atoms with Crippen LogP contribution in [0.3, 0.4) is 0 Å². The average molecular weight is 327 g/mol. The van der Waals surface area contributed by atoms with Crippen LogP contribution in [0.4, 0.5) is 0 Å². The summed E-state index contributed by atoms with van der Waals surface area (Å²) in [6.45, 7) is 4.31. The molecule has 0 atom stereocenters. The number of rotatable bonds is 4. The minimum Gasteiger partial charge on any atom is -0.457 e. The molecule has 3 aromatic rings. The number of hydrogen-bond donors (Lipinski definition) is 0. The van der Waals surface area contributed by atoms with Crippen molar-refractivity contribution in [2.24, 2.45) is 7.05 Å². The van der Waals surface area contributed by atoms with Crippen molar-refractivity contribution in [3.05, 3.63) is 65.4 Å². The Bertz CT molecular complexity index is 806. The summed E-state index contributed by atoms with van der Waals surface area (Å²) in [6, 6.07) is 15.4. The number of aromatic nitrogens is 2. The third kappa shape index (κ3) is 3.57. The van der Waals surface area contributed by atoms with Crippen molar-refractivity contribution >= 4 is 11.6 Å². The third-order valence-electron chi connectivity index (χ3n) is 3.60. The Hall–Kier alpha value is -2.26. The molecule has 23 heavy (non-hydrogen) atoms. The van der Waals surface area contributed by atoms with Crippen LogP contribution in [0.25, 0.3) is 11.1 Å². The molecular formula is C19H19ClN2O. The molecule has 1 aromatic heterocycles. The number of aryl methyl sites for hydroxylation is 1. The van der Waals surface area contributed by atoms with E-state index in [1.807, 2.05) is 54.2 Å². The summed E-state index contributed by atoms with van der Waals surface area (Å²) in [4.78, 5) is 0. The van der Waals surface area contributed by atoms with Crippen molar-refractivity contribution in [3.8, 4) is 22.6 Å². The van der Waals surface area contributed by atoms with Gasteiger partial charge in [-0.15, -0.1) is 0 Å². The molecule has 3 rings (SSSR count). The molecule has 2 aromatic carbocycles. The molecule has 0 N–H and O–H groups in total. The second kappa shape index (κ2) is 6.47. The van der Waals surface area contributed by atoms with Gasteiger partial charge in [-0.05, 0) is 47.9 Å². The molecule has 0 spiro atoms. The van der Waals surface area contributed by atoms with Gasteiger partial charge in [0.1, 0.15) is 11.5 Å². The van der Waals surface area contributed by atoms with Crippen LogP contribution in [0, 0.1) is 0 Å². The first-order chi connectivity index (χ1) is 11.0. The first kappa shape index (κ1) is 15.6. The predicted molar refractivity (Wildman–Crippen MR) is 94.3 cm³/mol. The summed E-state index contributed by atoms with van der Waals surface area (Å²) < 4.78 is 7.78. The van der Waals surface area contributed by atoms with Crippen molar-refractivity contribution < 1.29 is 4.74 Å². The maximum absolute atomic E-state index is 5.92. The first-order valence-corrected chi connectivity index (χ1v) is 7.98. The van der Waals surface area contributed by atoms with Crippen molar-refractivity contribution in [1.82, 2.24) is 9.78 Å². The highest BCUT2D eigenvalue weighted by atomic mass is 35.5. The lowest BCUT2D eigenvalue weighted by Gasteiger charge is -2.09. The third-order valence-corrected chi connectivity index (χ3v) is 3.85.